The molecule has 2 fully saturated rings. The molecule has 0 atom stereocenters. The molecule has 1 amide bonds. The van der Waals surface area contributed by atoms with E-state index >= 15 is 0 Å². The van der Waals surface area contributed by atoms with Crippen molar-refractivity contribution in [1.29, 1.82) is 0 Å². The van der Waals surface area contributed by atoms with Gasteiger partial charge in [0.1, 0.15) is 11.4 Å². The number of hydrogen-bond donors (Lipinski definition) is 1. The van der Waals surface area contributed by atoms with E-state index in [0.717, 1.165) is 57.7 Å². The molecule has 6 heteroatoms. The number of carbonyl (C=O) groups excluding carboxylic acids is 1. The number of carbonyl (C=O) groups is 1. The zero-order valence-corrected chi connectivity index (χ0v) is 19.3. The van der Waals surface area contributed by atoms with E-state index in [4.69, 9.17) is 10.5 Å². The lowest BCUT2D eigenvalue weighted by molar-refractivity contribution is 0.0282. The fourth-order valence-electron chi connectivity index (χ4n) is 5.67. The predicted molar refractivity (Wildman–Crippen MR) is 126 cm³/mol. The molecule has 1 aromatic carbocycles. The zero-order valence-electron chi connectivity index (χ0n) is 19.3. The van der Waals surface area contributed by atoms with E-state index in [-0.39, 0.29) is 11.5 Å². The number of rotatable bonds is 3. The second kappa shape index (κ2) is 8.07. The van der Waals surface area contributed by atoms with E-state index in [1.165, 1.54) is 24.0 Å². The molecule has 0 bridgehead atoms. The molecule has 6 nitrogen and oxygen atoms in total. The van der Waals surface area contributed by atoms with Crippen molar-refractivity contribution in [1.82, 2.24) is 14.8 Å². The standard InChI is InChI=1S/C26H34N4O2/c1-25(2)16-19-4-3-5-20(23(19)32-25)18-29-12-7-26(8-13-29)9-14-30(15-10-26)24(31)21-17-28-11-6-22(21)27/h3-6,11,17H,7-10,12-16,18H2,1-2H3,(H2,27,28). The summed E-state index contributed by atoms with van der Waals surface area (Å²) in [5.41, 5.74) is 9.95. The molecule has 0 radical (unpaired) electrons. The number of aromatic nitrogens is 1. The van der Waals surface area contributed by atoms with Gasteiger partial charge in [-0.15, -0.1) is 0 Å². The average Bonchev–Trinajstić information content (AvgIpc) is 3.11. The van der Waals surface area contributed by atoms with Gasteiger partial charge in [0.05, 0.1) is 5.56 Å². The minimum Gasteiger partial charge on any atom is -0.487 e. The molecule has 4 heterocycles. The van der Waals surface area contributed by atoms with Gasteiger partial charge in [-0.3, -0.25) is 14.7 Å². The van der Waals surface area contributed by atoms with E-state index < -0.39 is 0 Å². The number of piperidine rings is 2. The van der Waals surface area contributed by atoms with Crippen LogP contribution in [0.2, 0.25) is 0 Å². The third-order valence-electron chi connectivity index (χ3n) is 7.68. The van der Waals surface area contributed by atoms with Crippen LogP contribution in [0.5, 0.6) is 5.75 Å². The van der Waals surface area contributed by atoms with Gasteiger partial charge in [-0.05, 0) is 69.7 Å². The summed E-state index contributed by atoms with van der Waals surface area (Å²) in [5.74, 6) is 1.13. The van der Waals surface area contributed by atoms with Crippen molar-refractivity contribution in [2.24, 2.45) is 5.41 Å². The van der Waals surface area contributed by atoms with Gasteiger partial charge in [-0.2, -0.15) is 0 Å². The average molecular weight is 435 g/mol. The molecule has 0 saturated carbocycles. The smallest absolute Gasteiger partial charge is 0.257 e. The van der Waals surface area contributed by atoms with Crippen LogP contribution in [-0.2, 0) is 13.0 Å². The van der Waals surface area contributed by atoms with E-state index in [9.17, 15) is 4.79 Å². The van der Waals surface area contributed by atoms with Gasteiger partial charge in [0.25, 0.3) is 5.91 Å². The van der Waals surface area contributed by atoms with Crippen molar-refractivity contribution in [2.45, 2.75) is 58.1 Å². The number of amides is 1. The third kappa shape index (κ3) is 4.08. The van der Waals surface area contributed by atoms with Crippen molar-refractivity contribution >= 4 is 11.6 Å². The van der Waals surface area contributed by atoms with Crippen LogP contribution in [0.25, 0.3) is 0 Å². The van der Waals surface area contributed by atoms with Crippen molar-refractivity contribution in [3.05, 3.63) is 53.3 Å². The first-order chi connectivity index (χ1) is 15.3. The van der Waals surface area contributed by atoms with Gasteiger partial charge in [-0.25, -0.2) is 0 Å². The Morgan fingerprint density at radius 1 is 1.09 bits per heavy atom. The fraction of sp³-hybridized carbons (Fsp3) is 0.538. The van der Waals surface area contributed by atoms with Crippen LogP contribution in [-0.4, -0.2) is 52.5 Å². The predicted octanol–water partition coefficient (Wildman–Crippen LogP) is 3.90. The summed E-state index contributed by atoms with van der Waals surface area (Å²) in [6.07, 6.45) is 8.75. The molecule has 2 N–H and O–H groups in total. The topological polar surface area (TPSA) is 71.7 Å². The maximum Gasteiger partial charge on any atom is 0.257 e. The molecule has 0 aliphatic carbocycles. The maximum atomic E-state index is 12.9. The van der Waals surface area contributed by atoms with Crippen LogP contribution < -0.4 is 10.5 Å². The van der Waals surface area contributed by atoms with Crippen molar-refractivity contribution < 1.29 is 9.53 Å². The largest absolute Gasteiger partial charge is 0.487 e. The lowest BCUT2D eigenvalue weighted by atomic mass is 9.71. The van der Waals surface area contributed by atoms with Crippen LogP contribution in [0, 0.1) is 5.41 Å². The lowest BCUT2D eigenvalue weighted by Gasteiger charge is -2.47. The van der Waals surface area contributed by atoms with Crippen molar-refractivity contribution in [2.75, 3.05) is 31.9 Å². The minimum atomic E-state index is -0.101. The Morgan fingerprint density at radius 3 is 2.53 bits per heavy atom. The van der Waals surface area contributed by atoms with E-state index in [1.807, 2.05) is 4.90 Å². The van der Waals surface area contributed by atoms with Crippen LogP contribution in [0.1, 0.15) is 61.0 Å². The summed E-state index contributed by atoms with van der Waals surface area (Å²) in [4.78, 5) is 21.5. The number of nitrogens with two attached hydrogens (primary N) is 1. The quantitative estimate of drug-likeness (QED) is 0.793. The number of fused-ring (bicyclic) bond motifs is 1. The second-order valence-corrected chi connectivity index (χ2v) is 10.5. The molecule has 5 rings (SSSR count). The summed E-state index contributed by atoms with van der Waals surface area (Å²) in [6, 6.07) is 8.29. The number of pyridine rings is 1. The monoisotopic (exact) mass is 434 g/mol. The highest BCUT2D eigenvalue weighted by molar-refractivity contribution is 5.98. The van der Waals surface area contributed by atoms with Gasteiger partial charge in [0.2, 0.25) is 0 Å². The Labute approximate surface area is 190 Å². The summed E-state index contributed by atoms with van der Waals surface area (Å²) in [7, 11) is 0. The van der Waals surface area contributed by atoms with Gasteiger partial charge in [-0.1, -0.05) is 18.2 Å². The molecule has 2 saturated heterocycles. The third-order valence-corrected chi connectivity index (χ3v) is 7.68. The number of nitrogens with zero attached hydrogens (tertiary/aromatic N) is 3. The van der Waals surface area contributed by atoms with Crippen molar-refractivity contribution in [3.8, 4) is 5.75 Å². The first-order valence-electron chi connectivity index (χ1n) is 11.9. The molecule has 0 unspecified atom stereocenters. The molecule has 3 aliphatic heterocycles. The minimum absolute atomic E-state index is 0.0174. The van der Waals surface area contributed by atoms with Crippen LogP contribution in [0.3, 0.4) is 0 Å². The summed E-state index contributed by atoms with van der Waals surface area (Å²) in [5, 5.41) is 0. The van der Waals surface area contributed by atoms with E-state index in [1.54, 1.807) is 18.5 Å². The van der Waals surface area contributed by atoms with E-state index in [0.29, 0.717) is 16.7 Å². The molecule has 2 aromatic rings. The normalized spacial score (nSPS) is 21.9. The fourth-order valence-corrected chi connectivity index (χ4v) is 5.67. The van der Waals surface area contributed by atoms with E-state index in [2.05, 4.69) is 41.9 Å². The second-order valence-electron chi connectivity index (χ2n) is 10.5. The lowest BCUT2D eigenvalue weighted by Crippen LogP contribution is -2.48. The van der Waals surface area contributed by atoms with Crippen LogP contribution in [0.4, 0.5) is 5.69 Å². The highest BCUT2D eigenvalue weighted by atomic mass is 16.5. The van der Waals surface area contributed by atoms with Crippen molar-refractivity contribution in [3.63, 3.8) is 0 Å². The number of likely N-dealkylation sites (tertiary alicyclic amines) is 2. The Kier molecular flexibility index (Phi) is 5.36. The SMILES string of the molecule is CC1(C)Cc2cccc(CN3CCC4(CC3)CCN(C(=O)c3cnccc3N)CC4)c2O1. The molecular weight excluding hydrogens is 400 g/mol. The van der Waals surface area contributed by atoms with Gasteiger partial charge >= 0.3 is 0 Å². The maximum absolute atomic E-state index is 12.9. The van der Waals surface area contributed by atoms with Crippen LogP contribution >= 0.6 is 0 Å². The van der Waals surface area contributed by atoms with Gasteiger partial charge in [0, 0.05) is 49.7 Å². The Balaban J connectivity index is 1.17. The summed E-state index contributed by atoms with van der Waals surface area (Å²) < 4.78 is 6.28. The highest BCUT2D eigenvalue weighted by Gasteiger charge is 2.39. The Bertz CT molecular complexity index is 1000. The number of para-hydroxylation sites is 1. The molecule has 1 aromatic heterocycles. The number of anilines is 1. The van der Waals surface area contributed by atoms with Crippen LogP contribution in [0.15, 0.2) is 36.7 Å². The Morgan fingerprint density at radius 2 is 1.81 bits per heavy atom. The Hall–Kier alpha value is -2.60. The molecule has 170 valence electrons. The molecule has 1 spiro atoms. The summed E-state index contributed by atoms with van der Waals surface area (Å²) in [6.45, 7) is 9.13. The number of hydrogen-bond acceptors (Lipinski definition) is 5. The molecule has 32 heavy (non-hydrogen) atoms. The first kappa shape index (κ1) is 21.3. The highest BCUT2D eigenvalue weighted by Crippen LogP contribution is 2.43. The number of benzene rings is 1. The zero-order chi connectivity index (χ0) is 22.3. The first-order valence-corrected chi connectivity index (χ1v) is 11.9. The number of ether oxygens (including phenoxy) is 1. The van der Waals surface area contributed by atoms with Gasteiger partial charge < -0.3 is 15.4 Å². The number of nitrogen functional groups attached to an aromatic ring is 1. The molecule has 3 aliphatic rings. The summed E-state index contributed by atoms with van der Waals surface area (Å²) >= 11 is 0. The van der Waals surface area contributed by atoms with Gasteiger partial charge in [0.15, 0.2) is 0 Å². The molecular formula is C26H34N4O2.